The minimum Gasteiger partial charge on any atom is -0.490 e. The molecule has 0 atom stereocenters. The number of ether oxygens (including phenoxy) is 1. The third kappa shape index (κ3) is 4.45. The molecule has 0 aliphatic heterocycles. The quantitative estimate of drug-likeness (QED) is 0.600. The van der Waals surface area contributed by atoms with E-state index in [1.54, 1.807) is 12.1 Å². The van der Waals surface area contributed by atoms with Gasteiger partial charge in [-0.2, -0.15) is 0 Å². The predicted octanol–water partition coefficient (Wildman–Crippen LogP) is 5.86. The Morgan fingerprint density at radius 2 is 1.73 bits per heavy atom. The maximum Gasteiger partial charge on any atom is 0.139 e. The lowest BCUT2D eigenvalue weighted by atomic mass is 10.2. The number of benzene rings is 2. The summed E-state index contributed by atoms with van der Waals surface area (Å²) in [5, 5.41) is 1.33. The van der Waals surface area contributed by atoms with E-state index in [0.29, 0.717) is 27.4 Å². The Morgan fingerprint density at radius 3 is 2.41 bits per heavy atom. The topological polar surface area (TPSA) is 12.5 Å². The molecule has 2 rings (SSSR count). The van der Waals surface area contributed by atoms with Crippen LogP contribution in [0.2, 0.25) is 15.1 Å². The maximum atomic E-state index is 6.11. The van der Waals surface area contributed by atoms with Gasteiger partial charge in [0.1, 0.15) is 12.4 Å². The Bertz CT molecular complexity index is 646. The molecule has 0 unspecified atom stereocenters. The number of hydrogen-bond acceptors (Lipinski definition) is 2. The zero-order valence-corrected chi connectivity index (χ0v) is 14.8. The van der Waals surface area contributed by atoms with Crippen LogP contribution < -0.4 is 9.64 Å². The molecule has 0 bridgehead atoms. The molecular formula is C17H18Cl3NO. The number of halogens is 3. The molecule has 0 radical (unpaired) electrons. The van der Waals surface area contributed by atoms with Crippen LogP contribution in [-0.4, -0.2) is 19.7 Å². The summed E-state index contributed by atoms with van der Waals surface area (Å²) in [5.41, 5.74) is 2.43. The first kappa shape index (κ1) is 17.3. The minimum atomic E-state index is 0.425. The fraction of sp³-hybridized carbons (Fsp3) is 0.294. The molecule has 0 spiro atoms. The largest absolute Gasteiger partial charge is 0.490 e. The molecule has 0 N–H and O–H groups in total. The zero-order chi connectivity index (χ0) is 16.1. The summed E-state index contributed by atoms with van der Waals surface area (Å²) in [4.78, 5) is 2.25. The number of anilines is 1. The van der Waals surface area contributed by atoms with Crippen LogP contribution in [0.1, 0.15) is 12.5 Å². The van der Waals surface area contributed by atoms with E-state index in [1.165, 1.54) is 11.3 Å². The second-order valence-electron chi connectivity index (χ2n) is 4.96. The summed E-state index contributed by atoms with van der Waals surface area (Å²) in [6.45, 7) is 6.38. The third-order valence-corrected chi connectivity index (χ3v) is 4.36. The van der Waals surface area contributed by atoms with Crippen molar-refractivity contribution in [3.05, 3.63) is 57.0 Å². The minimum absolute atomic E-state index is 0.425. The normalized spacial score (nSPS) is 10.6. The lowest BCUT2D eigenvalue weighted by molar-refractivity contribution is 0.324. The molecule has 0 aliphatic carbocycles. The number of rotatable bonds is 6. The fourth-order valence-corrected chi connectivity index (χ4v) is 2.77. The van der Waals surface area contributed by atoms with Gasteiger partial charge in [0.25, 0.3) is 0 Å². The van der Waals surface area contributed by atoms with E-state index in [-0.39, 0.29) is 0 Å². The SMILES string of the molecule is CCN(CCOc1cc(Cl)c(Cl)cc1Cl)c1cccc(C)c1. The molecule has 2 aromatic carbocycles. The highest BCUT2D eigenvalue weighted by Gasteiger charge is 2.09. The standard InChI is InChI=1S/C17H18Cl3NO/c1-3-21(13-6-4-5-12(2)9-13)7-8-22-17-11-15(19)14(18)10-16(17)20/h4-6,9-11H,3,7-8H2,1-2H3. The summed E-state index contributed by atoms with van der Waals surface area (Å²) >= 11 is 18.0. The molecule has 2 nitrogen and oxygen atoms in total. The predicted molar refractivity (Wildman–Crippen MR) is 96.0 cm³/mol. The van der Waals surface area contributed by atoms with Gasteiger partial charge in [-0.1, -0.05) is 46.9 Å². The first-order valence-corrected chi connectivity index (χ1v) is 8.23. The highest BCUT2D eigenvalue weighted by molar-refractivity contribution is 6.43. The van der Waals surface area contributed by atoms with Gasteiger partial charge in [0.15, 0.2) is 0 Å². The fourth-order valence-electron chi connectivity index (χ4n) is 2.18. The van der Waals surface area contributed by atoms with E-state index in [9.17, 15) is 0 Å². The summed E-state index contributed by atoms with van der Waals surface area (Å²) < 4.78 is 5.74. The Labute approximate surface area is 146 Å². The highest BCUT2D eigenvalue weighted by atomic mass is 35.5. The lowest BCUT2D eigenvalue weighted by Crippen LogP contribution is -2.28. The van der Waals surface area contributed by atoms with Gasteiger partial charge in [0.2, 0.25) is 0 Å². The molecule has 0 fully saturated rings. The highest BCUT2D eigenvalue weighted by Crippen LogP contribution is 2.33. The molecule has 118 valence electrons. The smallest absolute Gasteiger partial charge is 0.139 e. The summed E-state index contributed by atoms with van der Waals surface area (Å²) in [6, 6.07) is 11.7. The van der Waals surface area contributed by atoms with Crippen molar-refractivity contribution in [2.45, 2.75) is 13.8 Å². The van der Waals surface area contributed by atoms with Gasteiger partial charge in [-0.3, -0.25) is 0 Å². The van der Waals surface area contributed by atoms with Gasteiger partial charge < -0.3 is 9.64 Å². The Hall–Kier alpha value is -1.09. The van der Waals surface area contributed by atoms with Gasteiger partial charge in [0, 0.05) is 18.3 Å². The van der Waals surface area contributed by atoms with Crippen molar-refractivity contribution in [1.29, 1.82) is 0 Å². The van der Waals surface area contributed by atoms with Crippen molar-refractivity contribution in [3.63, 3.8) is 0 Å². The molecule has 5 heteroatoms. The molecular weight excluding hydrogens is 341 g/mol. The third-order valence-electron chi connectivity index (χ3n) is 3.34. The van der Waals surface area contributed by atoms with Crippen molar-refractivity contribution >= 4 is 40.5 Å². The summed E-state index contributed by atoms with van der Waals surface area (Å²) in [5.74, 6) is 0.552. The van der Waals surface area contributed by atoms with Gasteiger partial charge in [-0.25, -0.2) is 0 Å². The Kier molecular flexibility index (Phi) is 6.25. The Balaban J connectivity index is 1.99. The molecule has 22 heavy (non-hydrogen) atoms. The van der Waals surface area contributed by atoms with E-state index in [1.807, 2.05) is 0 Å². The van der Waals surface area contributed by atoms with E-state index in [2.05, 4.69) is 43.0 Å². The number of hydrogen-bond donors (Lipinski definition) is 0. The van der Waals surface area contributed by atoms with Gasteiger partial charge in [-0.05, 0) is 37.6 Å². The van der Waals surface area contributed by atoms with Crippen LogP contribution in [0.25, 0.3) is 0 Å². The van der Waals surface area contributed by atoms with Gasteiger partial charge >= 0.3 is 0 Å². The second kappa shape index (κ2) is 7.96. The number of likely N-dealkylation sites (N-methyl/N-ethyl adjacent to an activating group) is 1. The first-order chi connectivity index (χ1) is 10.5. The first-order valence-electron chi connectivity index (χ1n) is 7.10. The van der Waals surface area contributed by atoms with E-state index < -0.39 is 0 Å². The zero-order valence-electron chi connectivity index (χ0n) is 12.6. The van der Waals surface area contributed by atoms with Crippen LogP contribution in [0.3, 0.4) is 0 Å². The van der Waals surface area contributed by atoms with E-state index >= 15 is 0 Å². The van der Waals surface area contributed by atoms with Crippen molar-refractivity contribution in [2.24, 2.45) is 0 Å². The summed E-state index contributed by atoms with van der Waals surface area (Å²) in [6.07, 6.45) is 0. The van der Waals surface area contributed by atoms with Crippen LogP contribution >= 0.6 is 34.8 Å². The second-order valence-corrected chi connectivity index (χ2v) is 6.19. The average Bonchev–Trinajstić information content (AvgIpc) is 2.48. The van der Waals surface area contributed by atoms with Gasteiger partial charge in [0.05, 0.1) is 21.6 Å². The molecule has 0 amide bonds. The molecule has 0 aliphatic rings. The maximum absolute atomic E-state index is 6.11. The monoisotopic (exact) mass is 357 g/mol. The summed E-state index contributed by atoms with van der Waals surface area (Å²) in [7, 11) is 0. The average molecular weight is 359 g/mol. The molecule has 0 heterocycles. The number of aryl methyl sites for hydroxylation is 1. The van der Waals surface area contributed by atoms with Gasteiger partial charge in [-0.15, -0.1) is 0 Å². The van der Waals surface area contributed by atoms with Crippen LogP contribution in [0.15, 0.2) is 36.4 Å². The molecule has 0 saturated heterocycles. The molecule has 0 saturated carbocycles. The van der Waals surface area contributed by atoms with Crippen molar-refractivity contribution in [1.82, 2.24) is 0 Å². The van der Waals surface area contributed by atoms with Crippen molar-refractivity contribution in [3.8, 4) is 5.75 Å². The van der Waals surface area contributed by atoms with Crippen LogP contribution in [0.4, 0.5) is 5.69 Å². The van der Waals surface area contributed by atoms with Crippen LogP contribution in [0.5, 0.6) is 5.75 Å². The van der Waals surface area contributed by atoms with Crippen LogP contribution in [-0.2, 0) is 0 Å². The Morgan fingerprint density at radius 1 is 1.00 bits per heavy atom. The van der Waals surface area contributed by atoms with E-state index in [0.717, 1.165) is 13.1 Å². The number of nitrogens with zero attached hydrogens (tertiary/aromatic N) is 1. The van der Waals surface area contributed by atoms with Crippen LogP contribution in [0, 0.1) is 6.92 Å². The molecule has 2 aromatic rings. The van der Waals surface area contributed by atoms with E-state index in [4.69, 9.17) is 39.5 Å². The van der Waals surface area contributed by atoms with Crippen molar-refractivity contribution < 1.29 is 4.74 Å². The van der Waals surface area contributed by atoms with Crippen molar-refractivity contribution in [2.75, 3.05) is 24.6 Å². The lowest BCUT2D eigenvalue weighted by Gasteiger charge is -2.23. The molecule has 0 aromatic heterocycles.